The van der Waals surface area contributed by atoms with Gasteiger partial charge in [0.25, 0.3) is 0 Å². The van der Waals surface area contributed by atoms with Gasteiger partial charge in [0.2, 0.25) is 0 Å². The van der Waals surface area contributed by atoms with E-state index >= 15 is 0 Å². The molecule has 0 aromatic heterocycles. The molecule has 0 saturated carbocycles. The number of rotatable bonds is 6. The molecule has 0 aliphatic carbocycles. The van der Waals surface area contributed by atoms with Gasteiger partial charge < -0.3 is 4.52 Å². The second-order valence-corrected chi connectivity index (χ2v) is 6.59. The summed E-state index contributed by atoms with van der Waals surface area (Å²) in [5.74, 6) is -1.62. The number of carbonyl (C=O) groups excluding carboxylic acids is 1. The van der Waals surface area contributed by atoms with Crippen molar-refractivity contribution in [3.63, 3.8) is 0 Å². The molecule has 2 aromatic carbocycles. The summed E-state index contributed by atoms with van der Waals surface area (Å²) in [6, 6.07) is 10.8. The van der Waals surface area contributed by atoms with Crippen molar-refractivity contribution >= 4 is 14.8 Å². The van der Waals surface area contributed by atoms with Crippen LogP contribution in [0.15, 0.2) is 48.5 Å². The number of halogens is 6. The van der Waals surface area contributed by atoms with Crippen LogP contribution < -0.4 is 0 Å². The molecule has 0 bridgehead atoms. The summed E-state index contributed by atoms with van der Waals surface area (Å²) in [5.41, 5.74) is -3.77. The Labute approximate surface area is 153 Å². The molecule has 0 aliphatic rings. The van der Waals surface area contributed by atoms with Crippen LogP contribution in [0.4, 0.5) is 26.3 Å². The van der Waals surface area contributed by atoms with Gasteiger partial charge in [-0.15, -0.1) is 0 Å². The second-order valence-electron chi connectivity index (χ2n) is 5.60. The zero-order chi connectivity index (χ0) is 20.1. The molecule has 146 valence electrons. The summed E-state index contributed by atoms with van der Waals surface area (Å²) >= 11 is 0. The molecule has 0 heterocycles. The highest BCUT2D eigenvalue weighted by Gasteiger charge is 2.43. The zero-order valence-corrected chi connectivity index (χ0v) is 14.8. The van der Waals surface area contributed by atoms with E-state index in [1.54, 1.807) is 0 Å². The van der Waals surface area contributed by atoms with Crippen molar-refractivity contribution in [2.24, 2.45) is 0 Å². The predicted molar refractivity (Wildman–Crippen MR) is 89.8 cm³/mol. The minimum Gasteiger partial charge on any atom is -0.445 e. The fourth-order valence-electron chi connectivity index (χ4n) is 2.42. The zero-order valence-electron chi connectivity index (χ0n) is 13.8. The fraction of sp³-hybridized carbons (Fsp3) is 0.278. The standard InChI is InChI=1S/C18H15F6O2P/c19-17(20,21)13-9-4-10-14(18(22,23)24)15(13)16(25)26-27-11-5-8-12-6-2-1-3-7-12/h1-4,6-7,9-10,27H,5,8,11H2. The first kappa shape index (κ1) is 21.2. The minimum absolute atomic E-state index is 0.343. The molecule has 0 amide bonds. The first-order valence-electron chi connectivity index (χ1n) is 7.86. The molecule has 2 rings (SSSR count). The van der Waals surface area contributed by atoms with Gasteiger partial charge >= 0.3 is 18.3 Å². The van der Waals surface area contributed by atoms with E-state index in [1.807, 2.05) is 30.3 Å². The van der Waals surface area contributed by atoms with Crippen molar-refractivity contribution < 1.29 is 35.7 Å². The van der Waals surface area contributed by atoms with Crippen LogP contribution in [0.1, 0.15) is 33.5 Å². The number of carbonyl (C=O) groups is 1. The Balaban J connectivity index is 2.06. The summed E-state index contributed by atoms with van der Waals surface area (Å²) < 4.78 is 82.9. The maximum atomic E-state index is 13.0. The highest BCUT2D eigenvalue weighted by Crippen LogP contribution is 2.40. The Hall–Kier alpha value is -2.08. The Kier molecular flexibility index (Phi) is 6.87. The van der Waals surface area contributed by atoms with Crippen molar-refractivity contribution in [3.8, 4) is 0 Å². The van der Waals surface area contributed by atoms with Crippen LogP contribution in [-0.2, 0) is 23.3 Å². The first-order valence-corrected chi connectivity index (χ1v) is 8.97. The third-order valence-electron chi connectivity index (χ3n) is 3.63. The van der Waals surface area contributed by atoms with Gasteiger partial charge in [-0.05, 0) is 30.5 Å². The van der Waals surface area contributed by atoms with E-state index in [9.17, 15) is 31.1 Å². The van der Waals surface area contributed by atoms with E-state index in [-0.39, 0.29) is 0 Å². The molecule has 1 unspecified atom stereocenters. The molecule has 0 saturated heterocycles. The van der Waals surface area contributed by atoms with Crippen LogP contribution in [-0.4, -0.2) is 12.1 Å². The van der Waals surface area contributed by atoms with E-state index in [0.29, 0.717) is 37.2 Å². The topological polar surface area (TPSA) is 26.3 Å². The number of hydrogen-bond donors (Lipinski definition) is 0. The molecule has 27 heavy (non-hydrogen) atoms. The summed E-state index contributed by atoms with van der Waals surface area (Å²) in [4.78, 5) is 12.0. The van der Waals surface area contributed by atoms with E-state index in [1.165, 1.54) is 0 Å². The van der Waals surface area contributed by atoms with Gasteiger partial charge in [-0.2, -0.15) is 26.3 Å². The Morgan fingerprint density at radius 2 is 1.41 bits per heavy atom. The molecule has 2 nitrogen and oxygen atoms in total. The van der Waals surface area contributed by atoms with Gasteiger partial charge in [-0.25, -0.2) is 4.79 Å². The number of alkyl halides is 6. The second kappa shape index (κ2) is 8.74. The Morgan fingerprint density at radius 3 is 1.93 bits per heavy atom. The van der Waals surface area contributed by atoms with Crippen LogP contribution in [0.5, 0.6) is 0 Å². The van der Waals surface area contributed by atoms with E-state index in [4.69, 9.17) is 4.52 Å². The van der Waals surface area contributed by atoms with Crippen LogP contribution in [0.3, 0.4) is 0 Å². The summed E-state index contributed by atoms with van der Waals surface area (Å²) in [7, 11) is -0.535. The fourth-order valence-corrected chi connectivity index (χ4v) is 3.08. The van der Waals surface area contributed by atoms with E-state index < -0.39 is 43.8 Å². The average Bonchev–Trinajstić information content (AvgIpc) is 2.60. The molecule has 0 spiro atoms. The van der Waals surface area contributed by atoms with Crippen molar-refractivity contribution in [1.82, 2.24) is 0 Å². The van der Waals surface area contributed by atoms with Crippen LogP contribution >= 0.6 is 8.81 Å². The normalized spacial score (nSPS) is 12.5. The van der Waals surface area contributed by atoms with Gasteiger partial charge in [0.1, 0.15) is 0 Å². The molecule has 0 N–H and O–H groups in total. The molecule has 0 radical (unpaired) electrons. The van der Waals surface area contributed by atoms with Crippen molar-refractivity contribution in [1.29, 1.82) is 0 Å². The quantitative estimate of drug-likeness (QED) is 0.328. The number of hydrogen-bond acceptors (Lipinski definition) is 2. The van der Waals surface area contributed by atoms with Crippen LogP contribution in [0.25, 0.3) is 0 Å². The first-order chi connectivity index (χ1) is 12.6. The summed E-state index contributed by atoms with van der Waals surface area (Å²) in [5, 5.41) is 0. The summed E-state index contributed by atoms with van der Waals surface area (Å²) in [6.45, 7) is 0. The average molecular weight is 408 g/mol. The lowest BCUT2D eigenvalue weighted by Crippen LogP contribution is -2.20. The summed E-state index contributed by atoms with van der Waals surface area (Å²) in [6.07, 6.45) is -8.62. The highest BCUT2D eigenvalue weighted by atomic mass is 31.1. The highest BCUT2D eigenvalue weighted by molar-refractivity contribution is 7.32. The maximum absolute atomic E-state index is 13.0. The van der Waals surface area contributed by atoms with Gasteiger partial charge in [0, 0.05) is 6.16 Å². The number of benzene rings is 2. The lowest BCUT2D eigenvalue weighted by Gasteiger charge is -2.17. The van der Waals surface area contributed by atoms with Crippen LogP contribution in [0.2, 0.25) is 0 Å². The lowest BCUT2D eigenvalue weighted by molar-refractivity contribution is -0.143. The lowest BCUT2D eigenvalue weighted by atomic mass is 10.00. The van der Waals surface area contributed by atoms with Crippen molar-refractivity contribution in [2.45, 2.75) is 25.2 Å². The molecule has 1 atom stereocenters. The van der Waals surface area contributed by atoms with Crippen molar-refractivity contribution in [2.75, 3.05) is 6.16 Å². The largest absolute Gasteiger partial charge is 0.445 e. The smallest absolute Gasteiger partial charge is 0.417 e. The maximum Gasteiger partial charge on any atom is 0.417 e. The van der Waals surface area contributed by atoms with Crippen LogP contribution in [0, 0.1) is 0 Å². The molecular formula is C18H15F6O2P. The van der Waals surface area contributed by atoms with Gasteiger partial charge in [0.15, 0.2) is 0 Å². The van der Waals surface area contributed by atoms with Crippen molar-refractivity contribution in [3.05, 3.63) is 70.8 Å². The van der Waals surface area contributed by atoms with Gasteiger partial charge in [0.05, 0.1) is 25.5 Å². The third kappa shape index (κ3) is 5.96. The predicted octanol–water partition coefficient (Wildman–Crippen LogP) is 6.11. The Bertz CT molecular complexity index is 739. The monoisotopic (exact) mass is 408 g/mol. The molecule has 2 aromatic rings. The molecule has 0 aliphatic heterocycles. The third-order valence-corrected chi connectivity index (χ3v) is 4.52. The van der Waals surface area contributed by atoms with Gasteiger partial charge in [-0.3, -0.25) is 0 Å². The number of aryl methyl sites for hydroxylation is 1. The molecule has 9 heteroatoms. The Morgan fingerprint density at radius 1 is 0.852 bits per heavy atom. The van der Waals surface area contributed by atoms with Gasteiger partial charge in [-0.1, -0.05) is 36.4 Å². The van der Waals surface area contributed by atoms with E-state index in [2.05, 4.69) is 0 Å². The minimum atomic E-state index is -5.11. The van der Waals surface area contributed by atoms with E-state index in [0.717, 1.165) is 5.56 Å². The molecule has 0 fully saturated rings. The molecular weight excluding hydrogens is 393 g/mol. The SMILES string of the molecule is O=C(OPCCCc1ccccc1)c1c(C(F)(F)F)cccc1C(F)(F)F.